The molecule has 27 heavy (non-hydrogen) atoms. The first-order valence-electron chi connectivity index (χ1n) is 8.59. The molecule has 0 saturated carbocycles. The van der Waals surface area contributed by atoms with E-state index in [-0.39, 0.29) is 24.5 Å². The van der Waals surface area contributed by atoms with E-state index in [1.165, 1.54) is 0 Å². The first-order valence-corrected chi connectivity index (χ1v) is 9.87. The zero-order valence-electron chi connectivity index (χ0n) is 14.4. The number of para-hydroxylation sites is 1. The van der Waals surface area contributed by atoms with Crippen LogP contribution in [0.1, 0.15) is 22.7 Å². The van der Waals surface area contributed by atoms with Crippen molar-refractivity contribution in [3.63, 3.8) is 0 Å². The quantitative estimate of drug-likeness (QED) is 0.646. The van der Waals surface area contributed by atoms with Crippen LogP contribution in [0.5, 0.6) is 0 Å². The third kappa shape index (κ3) is 3.84. The fourth-order valence-electron chi connectivity index (χ4n) is 3.22. The summed E-state index contributed by atoms with van der Waals surface area (Å²) >= 11 is 7.22. The minimum atomic E-state index is -0.103. The van der Waals surface area contributed by atoms with Crippen molar-refractivity contribution in [1.29, 1.82) is 0 Å². The molecule has 0 spiro atoms. The number of carbonyl (C=O) groups excluding carboxylic acids is 1. The van der Waals surface area contributed by atoms with Crippen LogP contribution in [0.3, 0.4) is 0 Å². The summed E-state index contributed by atoms with van der Waals surface area (Å²) in [7, 11) is 0. The van der Waals surface area contributed by atoms with Crippen molar-refractivity contribution in [2.75, 3.05) is 11.9 Å². The molecule has 2 aromatic heterocycles. The second kappa shape index (κ2) is 7.85. The van der Waals surface area contributed by atoms with Crippen LogP contribution in [0.2, 0.25) is 0 Å². The van der Waals surface area contributed by atoms with Crippen molar-refractivity contribution in [3.05, 3.63) is 82.8 Å². The monoisotopic (exact) mass is 394 g/mol. The lowest BCUT2D eigenvalue weighted by molar-refractivity contribution is -0.116. The normalized spacial score (nSPS) is 19.0. The minimum absolute atomic E-state index is 0.0751. The molecule has 1 fully saturated rings. The van der Waals surface area contributed by atoms with Crippen molar-refractivity contribution >= 4 is 40.3 Å². The van der Waals surface area contributed by atoms with Gasteiger partial charge in [0.1, 0.15) is 6.54 Å². The summed E-state index contributed by atoms with van der Waals surface area (Å²) in [4.78, 5) is 20.2. The molecule has 3 heterocycles. The van der Waals surface area contributed by atoms with Gasteiger partial charge in [-0.15, -0.1) is 11.3 Å². The number of nitrogens with zero attached hydrogens (tertiary/aromatic N) is 2. The summed E-state index contributed by atoms with van der Waals surface area (Å²) in [6, 6.07) is 19.2. The second-order valence-corrected chi connectivity index (χ2v) is 7.55. The highest BCUT2D eigenvalue weighted by molar-refractivity contribution is 7.80. The average Bonchev–Trinajstić information content (AvgIpc) is 3.32. The Hall–Kier alpha value is -2.77. The van der Waals surface area contributed by atoms with Crippen LogP contribution in [0.25, 0.3) is 0 Å². The van der Waals surface area contributed by atoms with Crippen molar-refractivity contribution in [1.82, 2.24) is 15.2 Å². The van der Waals surface area contributed by atoms with Gasteiger partial charge in [0.05, 0.1) is 17.8 Å². The summed E-state index contributed by atoms with van der Waals surface area (Å²) in [6.07, 6.45) is 1.77. The van der Waals surface area contributed by atoms with Crippen molar-refractivity contribution in [3.8, 4) is 0 Å². The van der Waals surface area contributed by atoms with Gasteiger partial charge >= 0.3 is 0 Å². The number of hydrogen-bond donors (Lipinski definition) is 2. The van der Waals surface area contributed by atoms with Gasteiger partial charge in [0.25, 0.3) is 0 Å². The number of anilines is 1. The fourth-order valence-corrected chi connectivity index (χ4v) is 4.40. The predicted octanol–water partition coefficient (Wildman–Crippen LogP) is 3.75. The lowest BCUT2D eigenvalue weighted by atomic mass is 10.0. The van der Waals surface area contributed by atoms with Crippen LogP contribution < -0.4 is 10.6 Å². The smallest absolute Gasteiger partial charge is 0.244 e. The molecule has 2 atom stereocenters. The number of thiocarbonyl (C=S) groups is 1. The van der Waals surface area contributed by atoms with Crippen LogP contribution >= 0.6 is 23.6 Å². The number of aromatic nitrogens is 1. The first kappa shape index (κ1) is 17.6. The summed E-state index contributed by atoms with van der Waals surface area (Å²) in [5, 5.41) is 8.88. The van der Waals surface area contributed by atoms with E-state index >= 15 is 0 Å². The molecular formula is C20H18N4OS2. The van der Waals surface area contributed by atoms with Gasteiger partial charge in [-0.25, -0.2) is 0 Å². The van der Waals surface area contributed by atoms with Crippen LogP contribution in [0.4, 0.5) is 5.69 Å². The average molecular weight is 395 g/mol. The number of amides is 1. The number of benzene rings is 1. The third-order valence-corrected chi connectivity index (χ3v) is 5.70. The van der Waals surface area contributed by atoms with Gasteiger partial charge in [-0.3, -0.25) is 9.78 Å². The lowest BCUT2D eigenvalue weighted by Gasteiger charge is -2.26. The molecule has 1 aliphatic heterocycles. The number of hydrogen-bond acceptors (Lipinski definition) is 4. The zero-order valence-corrected chi connectivity index (χ0v) is 16.0. The van der Waals surface area contributed by atoms with Gasteiger partial charge in [-0.1, -0.05) is 30.3 Å². The molecule has 3 aromatic rings. The molecule has 0 aliphatic carbocycles. The van der Waals surface area contributed by atoms with E-state index < -0.39 is 0 Å². The van der Waals surface area contributed by atoms with Gasteiger partial charge in [0, 0.05) is 16.8 Å². The largest absolute Gasteiger partial charge is 0.352 e. The van der Waals surface area contributed by atoms with E-state index in [1.54, 1.807) is 17.5 Å². The summed E-state index contributed by atoms with van der Waals surface area (Å²) in [5.74, 6) is -0.103. The summed E-state index contributed by atoms with van der Waals surface area (Å²) < 4.78 is 0. The topological polar surface area (TPSA) is 57.3 Å². The lowest BCUT2D eigenvalue weighted by Crippen LogP contribution is -2.36. The van der Waals surface area contributed by atoms with Gasteiger partial charge < -0.3 is 15.5 Å². The van der Waals surface area contributed by atoms with Gasteiger partial charge in [-0.05, 0) is 47.9 Å². The summed E-state index contributed by atoms with van der Waals surface area (Å²) in [6.45, 7) is 0.173. The van der Waals surface area contributed by atoms with Gasteiger partial charge in [0.2, 0.25) is 5.91 Å². The maximum absolute atomic E-state index is 12.6. The molecule has 1 aromatic carbocycles. The summed E-state index contributed by atoms with van der Waals surface area (Å²) in [5.41, 5.74) is 1.68. The van der Waals surface area contributed by atoms with E-state index in [0.29, 0.717) is 5.11 Å². The molecule has 0 bridgehead atoms. The number of pyridine rings is 1. The Balaban J connectivity index is 1.58. The van der Waals surface area contributed by atoms with E-state index in [1.807, 2.05) is 64.9 Å². The molecule has 5 nitrogen and oxygen atoms in total. The number of rotatable bonds is 5. The highest BCUT2D eigenvalue weighted by Gasteiger charge is 2.41. The van der Waals surface area contributed by atoms with Gasteiger partial charge in [0.15, 0.2) is 5.11 Å². The Morgan fingerprint density at radius 2 is 1.96 bits per heavy atom. The van der Waals surface area contributed by atoms with Gasteiger partial charge in [-0.2, -0.15) is 0 Å². The molecule has 2 unspecified atom stereocenters. The highest BCUT2D eigenvalue weighted by Crippen LogP contribution is 2.40. The molecule has 4 rings (SSSR count). The molecule has 1 saturated heterocycles. The Labute approximate surface area is 167 Å². The highest BCUT2D eigenvalue weighted by atomic mass is 32.1. The predicted molar refractivity (Wildman–Crippen MR) is 112 cm³/mol. The first-order chi connectivity index (χ1) is 13.2. The second-order valence-electron chi connectivity index (χ2n) is 6.18. The zero-order chi connectivity index (χ0) is 18.6. The molecular weight excluding hydrogens is 376 g/mol. The number of carbonyl (C=O) groups is 1. The van der Waals surface area contributed by atoms with Crippen LogP contribution in [-0.4, -0.2) is 27.4 Å². The molecule has 2 N–H and O–H groups in total. The van der Waals surface area contributed by atoms with E-state index in [2.05, 4.69) is 21.7 Å². The molecule has 1 aliphatic rings. The Bertz CT molecular complexity index is 916. The Morgan fingerprint density at radius 3 is 2.67 bits per heavy atom. The minimum Gasteiger partial charge on any atom is -0.352 e. The van der Waals surface area contributed by atoms with Crippen molar-refractivity contribution in [2.45, 2.75) is 12.1 Å². The van der Waals surface area contributed by atoms with Crippen molar-refractivity contribution in [2.24, 2.45) is 0 Å². The maximum Gasteiger partial charge on any atom is 0.244 e. The number of thiophene rings is 1. The fraction of sp³-hybridized carbons (Fsp3) is 0.150. The van der Waals surface area contributed by atoms with E-state index in [4.69, 9.17) is 12.2 Å². The van der Waals surface area contributed by atoms with E-state index in [0.717, 1.165) is 16.3 Å². The Morgan fingerprint density at radius 1 is 1.15 bits per heavy atom. The van der Waals surface area contributed by atoms with Crippen LogP contribution in [0, 0.1) is 0 Å². The molecule has 136 valence electrons. The van der Waals surface area contributed by atoms with Crippen molar-refractivity contribution < 1.29 is 4.79 Å². The molecule has 7 heteroatoms. The third-order valence-electron chi connectivity index (χ3n) is 4.40. The Kier molecular flexibility index (Phi) is 5.13. The standard InChI is InChI=1S/C20H18N4OS2/c25-17(22-14-7-2-1-3-8-14)13-24-19(16-10-6-12-27-16)18(23-20(24)26)15-9-4-5-11-21-15/h1-12,18-19H,13H2,(H,22,25)(H,23,26). The molecule has 0 radical (unpaired) electrons. The van der Waals surface area contributed by atoms with Crippen LogP contribution in [-0.2, 0) is 4.79 Å². The van der Waals surface area contributed by atoms with E-state index in [9.17, 15) is 4.79 Å². The van der Waals surface area contributed by atoms with Crippen LogP contribution in [0.15, 0.2) is 72.2 Å². The molecule has 1 amide bonds. The number of nitrogens with one attached hydrogen (secondary N) is 2. The SMILES string of the molecule is O=C(CN1C(=S)NC(c2ccccn2)C1c1cccs1)Nc1ccccc1. The maximum atomic E-state index is 12.6.